The van der Waals surface area contributed by atoms with Gasteiger partial charge in [0.2, 0.25) is 0 Å². The summed E-state index contributed by atoms with van der Waals surface area (Å²) >= 11 is 2.06. The van der Waals surface area contributed by atoms with Crippen molar-refractivity contribution in [3.05, 3.63) is 18.5 Å². The van der Waals surface area contributed by atoms with E-state index in [0.29, 0.717) is 0 Å². The summed E-state index contributed by atoms with van der Waals surface area (Å²) in [6.07, 6.45) is 6.07. The predicted molar refractivity (Wildman–Crippen MR) is 123 cm³/mol. The van der Waals surface area contributed by atoms with Crippen molar-refractivity contribution in [3.8, 4) is 0 Å². The molecule has 2 aliphatic rings. The van der Waals surface area contributed by atoms with Crippen molar-refractivity contribution in [1.29, 1.82) is 0 Å². The zero-order valence-electron chi connectivity index (χ0n) is 16.2. The van der Waals surface area contributed by atoms with Gasteiger partial charge in [-0.3, -0.25) is 14.6 Å². The summed E-state index contributed by atoms with van der Waals surface area (Å²) in [4.78, 5) is 7.57. The van der Waals surface area contributed by atoms with E-state index in [1.165, 1.54) is 17.9 Å². The average molecular weight is 508 g/mol. The van der Waals surface area contributed by atoms with Gasteiger partial charge in [-0.15, -0.1) is 24.0 Å². The number of aromatic nitrogens is 2. The second-order valence-corrected chi connectivity index (χ2v) is 7.98. The zero-order valence-corrected chi connectivity index (χ0v) is 19.4. The molecule has 0 bridgehead atoms. The molecule has 0 aliphatic carbocycles. The van der Waals surface area contributed by atoms with E-state index in [2.05, 4.69) is 39.3 Å². The summed E-state index contributed by atoms with van der Waals surface area (Å²) in [6, 6.07) is 1.96. The highest BCUT2D eigenvalue weighted by atomic mass is 127. The van der Waals surface area contributed by atoms with Crippen LogP contribution in [0.3, 0.4) is 0 Å². The van der Waals surface area contributed by atoms with Crippen molar-refractivity contribution < 1.29 is 4.74 Å². The molecular weight excluding hydrogens is 475 g/mol. The third-order valence-corrected chi connectivity index (χ3v) is 6.29. The second kappa shape index (κ2) is 12.1. The van der Waals surface area contributed by atoms with Crippen molar-refractivity contribution in [2.45, 2.75) is 31.8 Å². The van der Waals surface area contributed by atoms with Gasteiger partial charge in [-0.1, -0.05) is 0 Å². The number of nitrogens with one attached hydrogen (secondary N) is 2. The average Bonchev–Trinajstić information content (AvgIpc) is 3.36. The van der Waals surface area contributed by atoms with Crippen LogP contribution in [0.25, 0.3) is 0 Å². The Morgan fingerprint density at radius 3 is 2.85 bits per heavy atom. The summed E-state index contributed by atoms with van der Waals surface area (Å²) in [5.74, 6) is 3.34. The molecule has 2 fully saturated rings. The van der Waals surface area contributed by atoms with Crippen molar-refractivity contribution in [2.24, 2.45) is 4.99 Å². The van der Waals surface area contributed by atoms with Crippen molar-refractivity contribution >= 4 is 41.7 Å². The first-order valence-electron chi connectivity index (χ1n) is 9.72. The van der Waals surface area contributed by atoms with Crippen LogP contribution in [0.1, 0.15) is 19.8 Å². The molecule has 0 radical (unpaired) electrons. The molecule has 0 aromatic carbocycles. The Morgan fingerprint density at radius 2 is 2.19 bits per heavy atom. The van der Waals surface area contributed by atoms with Gasteiger partial charge >= 0.3 is 0 Å². The highest BCUT2D eigenvalue weighted by molar-refractivity contribution is 14.0. The quantitative estimate of drug-likeness (QED) is 0.241. The van der Waals surface area contributed by atoms with Gasteiger partial charge in [-0.05, 0) is 31.6 Å². The van der Waals surface area contributed by atoms with Gasteiger partial charge in [0.25, 0.3) is 0 Å². The van der Waals surface area contributed by atoms with Gasteiger partial charge in [0.1, 0.15) is 0 Å². The first-order valence-corrected chi connectivity index (χ1v) is 10.9. The normalized spacial score (nSPS) is 23.8. The molecule has 7 nitrogen and oxygen atoms in total. The number of aliphatic imine (C=N–C) groups is 1. The molecule has 0 saturated carbocycles. The van der Waals surface area contributed by atoms with E-state index in [1.54, 1.807) is 0 Å². The highest BCUT2D eigenvalue weighted by Crippen LogP contribution is 2.34. The number of halogens is 1. The van der Waals surface area contributed by atoms with Crippen LogP contribution in [0.2, 0.25) is 0 Å². The summed E-state index contributed by atoms with van der Waals surface area (Å²) in [7, 11) is 0. The molecule has 2 N–H and O–H groups in total. The van der Waals surface area contributed by atoms with E-state index in [9.17, 15) is 0 Å². The number of hydrogen-bond acceptors (Lipinski definition) is 5. The van der Waals surface area contributed by atoms with Gasteiger partial charge < -0.3 is 15.4 Å². The number of ether oxygens (including phenoxy) is 1. The lowest BCUT2D eigenvalue weighted by molar-refractivity contribution is -0.0104. The number of morpholine rings is 1. The van der Waals surface area contributed by atoms with E-state index in [1.807, 2.05) is 23.1 Å². The summed E-state index contributed by atoms with van der Waals surface area (Å²) in [6.45, 7) is 9.43. The van der Waals surface area contributed by atoms with Crippen molar-refractivity contribution in [2.75, 3.05) is 57.4 Å². The summed E-state index contributed by atoms with van der Waals surface area (Å²) < 4.78 is 7.52. The van der Waals surface area contributed by atoms with Crippen LogP contribution in [-0.2, 0) is 11.3 Å². The minimum atomic E-state index is 0. The lowest BCUT2D eigenvalue weighted by Crippen LogP contribution is -2.56. The minimum Gasteiger partial charge on any atom is -0.379 e. The van der Waals surface area contributed by atoms with Gasteiger partial charge in [0, 0.05) is 50.9 Å². The molecule has 154 valence electrons. The minimum absolute atomic E-state index is 0. The fraction of sp³-hybridized carbons (Fsp3) is 0.778. The molecule has 1 aromatic heterocycles. The topological polar surface area (TPSA) is 66.7 Å². The number of thioether (sulfide) groups is 1. The lowest BCUT2D eigenvalue weighted by atomic mass is 9.96. The van der Waals surface area contributed by atoms with Crippen LogP contribution in [0.4, 0.5) is 0 Å². The maximum atomic E-state index is 5.55. The molecular formula is C18H33IN6OS. The second-order valence-electron chi connectivity index (χ2n) is 6.87. The number of aryl methyl sites for hydroxylation is 1. The largest absolute Gasteiger partial charge is 0.379 e. The van der Waals surface area contributed by atoms with Crippen LogP contribution in [-0.4, -0.2) is 83.6 Å². The number of nitrogens with zero attached hydrogens (tertiary/aromatic N) is 4. The molecule has 1 unspecified atom stereocenters. The summed E-state index contributed by atoms with van der Waals surface area (Å²) in [5, 5.41) is 11.1. The Hall–Kier alpha value is -0.520. The van der Waals surface area contributed by atoms with Crippen LogP contribution in [0.15, 0.2) is 23.5 Å². The number of hydrogen-bond donors (Lipinski definition) is 2. The van der Waals surface area contributed by atoms with Gasteiger partial charge in [0.05, 0.1) is 25.3 Å². The van der Waals surface area contributed by atoms with E-state index in [4.69, 9.17) is 9.73 Å². The maximum Gasteiger partial charge on any atom is 0.191 e. The third-order valence-electron chi connectivity index (χ3n) is 5.06. The number of guanidine groups is 1. The molecule has 1 atom stereocenters. The van der Waals surface area contributed by atoms with Crippen LogP contribution in [0.5, 0.6) is 0 Å². The van der Waals surface area contributed by atoms with Gasteiger partial charge in [-0.25, -0.2) is 0 Å². The van der Waals surface area contributed by atoms with Crippen molar-refractivity contribution in [3.63, 3.8) is 0 Å². The van der Waals surface area contributed by atoms with E-state index in [0.717, 1.165) is 64.9 Å². The van der Waals surface area contributed by atoms with Gasteiger partial charge in [-0.2, -0.15) is 16.9 Å². The molecule has 0 amide bonds. The Labute approximate surface area is 184 Å². The fourth-order valence-electron chi connectivity index (χ4n) is 3.56. The summed E-state index contributed by atoms with van der Waals surface area (Å²) in [5.41, 5.74) is 0.200. The first-order chi connectivity index (χ1) is 12.8. The fourth-order valence-corrected chi connectivity index (χ4v) is 5.02. The standard InChI is InChI=1S/C18H32N6OS.HI/c1-2-19-17(20-6-3-8-24-9-4-7-22-24)21-15-18(5-14-26-16-18)23-10-12-25-13-11-23;/h4,7,9H,2-3,5-6,8,10-16H2,1H3,(H2,19,20,21);1H. The Kier molecular flexibility index (Phi) is 10.2. The smallest absolute Gasteiger partial charge is 0.191 e. The SMILES string of the molecule is CCNC(=NCC1(N2CCOCC2)CCSC1)NCCCn1cccn1.I. The van der Waals surface area contributed by atoms with Crippen LogP contribution >= 0.6 is 35.7 Å². The predicted octanol–water partition coefficient (Wildman–Crippen LogP) is 1.65. The third kappa shape index (κ3) is 6.79. The maximum absolute atomic E-state index is 5.55. The Balaban J connectivity index is 0.00000261. The van der Waals surface area contributed by atoms with E-state index >= 15 is 0 Å². The van der Waals surface area contributed by atoms with Crippen LogP contribution < -0.4 is 10.6 Å². The molecule has 3 rings (SSSR count). The Bertz CT molecular complexity index is 544. The number of rotatable bonds is 8. The van der Waals surface area contributed by atoms with Gasteiger partial charge in [0.15, 0.2) is 5.96 Å². The van der Waals surface area contributed by atoms with Crippen molar-refractivity contribution in [1.82, 2.24) is 25.3 Å². The molecule has 1 aromatic rings. The molecule has 0 spiro atoms. The van der Waals surface area contributed by atoms with Crippen LogP contribution in [0, 0.1) is 0 Å². The zero-order chi connectivity index (χ0) is 18.1. The van der Waals surface area contributed by atoms with E-state index in [-0.39, 0.29) is 29.5 Å². The highest BCUT2D eigenvalue weighted by Gasteiger charge is 2.40. The Morgan fingerprint density at radius 1 is 1.33 bits per heavy atom. The van der Waals surface area contributed by atoms with E-state index < -0.39 is 0 Å². The first kappa shape index (κ1) is 22.8. The molecule has 27 heavy (non-hydrogen) atoms. The molecule has 3 heterocycles. The molecule has 2 saturated heterocycles. The molecule has 9 heteroatoms. The monoisotopic (exact) mass is 508 g/mol. The molecule has 2 aliphatic heterocycles. The lowest BCUT2D eigenvalue weighted by Gasteiger charge is -2.42.